The van der Waals surface area contributed by atoms with Gasteiger partial charge in [-0.15, -0.1) is 0 Å². The zero-order valence-electron chi connectivity index (χ0n) is 10.2. The maximum absolute atomic E-state index is 11.8. The van der Waals surface area contributed by atoms with Gasteiger partial charge in [0, 0.05) is 17.3 Å². The quantitative estimate of drug-likeness (QED) is 0.734. The second kappa shape index (κ2) is 4.85. The summed E-state index contributed by atoms with van der Waals surface area (Å²) in [5, 5.41) is 15.0. The Hall–Kier alpha value is -1.39. The van der Waals surface area contributed by atoms with Gasteiger partial charge in [-0.05, 0) is 25.0 Å². The Bertz CT molecular complexity index is 431. The number of benzene rings is 1. The fourth-order valence-corrected chi connectivity index (χ4v) is 2.03. The Balaban J connectivity index is 2.28. The zero-order chi connectivity index (χ0) is 12.4. The molecule has 0 radical (unpaired) electrons. The molecule has 4 heteroatoms. The highest BCUT2D eigenvalue weighted by Crippen LogP contribution is 2.31. The van der Waals surface area contributed by atoms with E-state index < -0.39 is 0 Å². The van der Waals surface area contributed by atoms with E-state index in [0.717, 1.165) is 17.7 Å². The van der Waals surface area contributed by atoms with Gasteiger partial charge < -0.3 is 10.4 Å². The van der Waals surface area contributed by atoms with E-state index in [1.54, 1.807) is 0 Å². The number of carbonyl (C=O) groups is 1. The predicted octanol–water partition coefficient (Wildman–Crippen LogP) is 1.21. The maximum atomic E-state index is 11.8. The van der Waals surface area contributed by atoms with Crippen molar-refractivity contribution in [3.8, 4) is 0 Å². The fourth-order valence-electron chi connectivity index (χ4n) is 2.03. The molecule has 1 aliphatic rings. The van der Waals surface area contributed by atoms with Gasteiger partial charge in [-0.3, -0.25) is 10.1 Å². The van der Waals surface area contributed by atoms with Crippen molar-refractivity contribution < 1.29 is 9.90 Å². The minimum absolute atomic E-state index is 0.0204. The van der Waals surface area contributed by atoms with E-state index in [1.807, 2.05) is 19.1 Å². The van der Waals surface area contributed by atoms with E-state index in [4.69, 9.17) is 5.11 Å². The molecule has 0 saturated carbocycles. The Labute approximate surface area is 101 Å². The van der Waals surface area contributed by atoms with Crippen LogP contribution in [0, 0.1) is 0 Å². The topological polar surface area (TPSA) is 61.4 Å². The standard InChI is InChI=1S/C13H18N2O2/c1-3-9-4-5-11-10(6-9)12(13(17)15-11)14-8(2)7-16/h4-6,8,12,14,16H,3,7H2,1-2H3,(H,15,17). The molecule has 2 atom stereocenters. The van der Waals surface area contributed by atoms with Gasteiger partial charge in [-0.1, -0.05) is 19.1 Å². The van der Waals surface area contributed by atoms with Crippen molar-refractivity contribution in [3.63, 3.8) is 0 Å². The van der Waals surface area contributed by atoms with E-state index >= 15 is 0 Å². The van der Waals surface area contributed by atoms with Gasteiger partial charge in [0.25, 0.3) is 0 Å². The highest BCUT2D eigenvalue weighted by Gasteiger charge is 2.31. The maximum Gasteiger partial charge on any atom is 0.246 e. The number of aryl methyl sites for hydroxylation is 1. The SMILES string of the molecule is CCc1ccc2c(c1)C(NC(C)CO)C(=O)N2. The molecule has 3 N–H and O–H groups in total. The molecule has 1 aromatic rings. The first-order valence-corrected chi connectivity index (χ1v) is 5.96. The van der Waals surface area contributed by atoms with E-state index in [-0.39, 0.29) is 24.6 Å². The van der Waals surface area contributed by atoms with E-state index in [9.17, 15) is 4.79 Å². The first kappa shape index (κ1) is 12.1. The third-order valence-corrected chi connectivity index (χ3v) is 3.08. The molecule has 0 bridgehead atoms. The lowest BCUT2D eigenvalue weighted by Crippen LogP contribution is -2.36. The monoisotopic (exact) mass is 234 g/mol. The lowest BCUT2D eigenvalue weighted by Gasteiger charge is -2.16. The zero-order valence-corrected chi connectivity index (χ0v) is 10.2. The van der Waals surface area contributed by atoms with Gasteiger partial charge in [0.1, 0.15) is 6.04 Å². The minimum atomic E-state index is -0.348. The van der Waals surface area contributed by atoms with Crippen LogP contribution in [-0.2, 0) is 11.2 Å². The summed E-state index contributed by atoms with van der Waals surface area (Å²) >= 11 is 0. The normalized spacial score (nSPS) is 19.9. The Morgan fingerprint density at radius 3 is 2.94 bits per heavy atom. The number of fused-ring (bicyclic) bond motifs is 1. The predicted molar refractivity (Wildman–Crippen MR) is 66.9 cm³/mol. The van der Waals surface area contributed by atoms with Crippen molar-refractivity contribution in [3.05, 3.63) is 29.3 Å². The number of aliphatic hydroxyl groups excluding tert-OH is 1. The Kier molecular flexibility index (Phi) is 3.45. The fraction of sp³-hybridized carbons (Fsp3) is 0.462. The average molecular weight is 234 g/mol. The van der Waals surface area contributed by atoms with Crippen LogP contribution in [0.2, 0.25) is 0 Å². The second-order valence-corrected chi connectivity index (χ2v) is 4.45. The lowest BCUT2D eigenvalue weighted by molar-refractivity contribution is -0.117. The van der Waals surface area contributed by atoms with E-state index in [1.165, 1.54) is 5.56 Å². The van der Waals surface area contributed by atoms with Crippen LogP contribution in [0.5, 0.6) is 0 Å². The number of hydrogen-bond donors (Lipinski definition) is 3. The van der Waals surface area contributed by atoms with Crippen LogP contribution in [0.25, 0.3) is 0 Å². The summed E-state index contributed by atoms with van der Waals surface area (Å²) < 4.78 is 0. The van der Waals surface area contributed by atoms with Crippen molar-refractivity contribution in [1.82, 2.24) is 5.32 Å². The number of hydrogen-bond acceptors (Lipinski definition) is 3. The highest BCUT2D eigenvalue weighted by molar-refractivity contribution is 6.02. The molecular formula is C13H18N2O2. The summed E-state index contributed by atoms with van der Waals surface area (Å²) in [6.07, 6.45) is 0.948. The first-order chi connectivity index (χ1) is 8.15. The second-order valence-electron chi connectivity index (χ2n) is 4.45. The van der Waals surface area contributed by atoms with Crippen molar-refractivity contribution in [2.24, 2.45) is 0 Å². The van der Waals surface area contributed by atoms with Crippen LogP contribution in [0.4, 0.5) is 5.69 Å². The van der Waals surface area contributed by atoms with Crippen LogP contribution < -0.4 is 10.6 Å². The lowest BCUT2D eigenvalue weighted by atomic mass is 10.0. The van der Waals surface area contributed by atoms with Crippen LogP contribution in [-0.4, -0.2) is 23.7 Å². The first-order valence-electron chi connectivity index (χ1n) is 5.96. The molecule has 0 aromatic heterocycles. The number of carbonyl (C=O) groups excluding carboxylic acids is 1. The summed E-state index contributed by atoms with van der Waals surface area (Å²) in [5.74, 6) is -0.0476. The smallest absolute Gasteiger partial charge is 0.246 e. The van der Waals surface area contributed by atoms with Crippen LogP contribution in [0.15, 0.2) is 18.2 Å². The van der Waals surface area contributed by atoms with Gasteiger partial charge in [0.15, 0.2) is 0 Å². The number of anilines is 1. The molecule has 17 heavy (non-hydrogen) atoms. The highest BCUT2D eigenvalue weighted by atomic mass is 16.3. The van der Waals surface area contributed by atoms with E-state index in [2.05, 4.69) is 23.6 Å². The van der Waals surface area contributed by atoms with Crippen LogP contribution in [0.3, 0.4) is 0 Å². The van der Waals surface area contributed by atoms with Crippen molar-refractivity contribution in [2.45, 2.75) is 32.4 Å². The van der Waals surface area contributed by atoms with Crippen molar-refractivity contribution in [2.75, 3.05) is 11.9 Å². The van der Waals surface area contributed by atoms with Gasteiger partial charge in [0.05, 0.1) is 6.61 Å². The third-order valence-electron chi connectivity index (χ3n) is 3.08. The van der Waals surface area contributed by atoms with Crippen LogP contribution in [0.1, 0.15) is 31.0 Å². The van der Waals surface area contributed by atoms with Crippen molar-refractivity contribution >= 4 is 11.6 Å². The number of amides is 1. The Morgan fingerprint density at radius 1 is 1.53 bits per heavy atom. The Morgan fingerprint density at radius 2 is 2.29 bits per heavy atom. The molecule has 0 aliphatic carbocycles. The molecule has 2 unspecified atom stereocenters. The summed E-state index contributed by atoms with van der Waals surface area (Å²) in [7, 11) is 0. The summed E-state index contributed by atoms with van der Waals surface area (Å²) in [5.41, 5.74) is 3.06. The molecule has 0 saturated heterocycles. The average Bonchev–Trinajstić information content (AvgIpc) is 2.65. The molecule has 0 fully saturated rings. The molecule has 1 amide bonds. The molecule has 2 rings (SSSR count). The molecule has 0 spiro atoms. The van der Waals surface area contributed by atoms with Gasteiger partial charge in [-0.25, -0.2) is 0 Å². The molecule has 92 valence electrons. The summed E-state index contributed by atoms with van der Waals surface area (Å²) in [6, 6.07) is 5.57. The minimum Gasteiger partial charge on any atom is -0.395 e. The van der Waals surface area contributed by atoms with Gasteiger partial charge >= 0.3 is 0 Å². The van der Waals surface area contributed by atoms with Gasteiger partial charge in [0.2, 0.25) is 5.91 Å². The number of rotatable bonds is 4. The largest absolute Gasteiger partial charge is 0.395 e. The molecule has 4 nitrogen and oxygen atoms in total. The molecule has 1 aliphatic heterocycles. The van der Waals surface area contributed by atoms with E-state index in [0.29, 0.717) is 0 Å². The van der Waals surface area contributed by atoms with Crippen molar-refractivity contribution in [1.29, 1.82) is 0 Å². The molecule has 1 heterocycles. The molecule has 1 aromatic carbocycles. The summed E-state index contributed by atoms with van der Waals surface area (Å²) in [4.78, 5) is 11.8. The van der Waals surface area contributed by atoms with Gasteiger partial charge in [-0.2, -0.15) is 0 Å². The van der Waals surface area contributed by atoms with Crippen LogP contribution >= 0.6 is 0 Å². The summed E-state index contributed by atoms with van der Waals surface area (Å²) in [6.45, 7) is 3.96. The number of nitrogens with one attached hydrogen (secondary N) is 2. The third kappa shape index (κ3) is 2.33. The number of aliphatic hydroxyl groups is 1. The molecular weight excluding hydrogens is 216 g/mol.